The minimum Gasteiger partial charge on any atom is -0.383 e. The summed E-state index contributed by atoms with van der Waals surface area (Å²) in [6.07, 6.45) is 1.98. The predicted molar refractivity (Wildman–Crippen MR) is 118 cm³/mol. The Kier molecular flexibility index (Phi) is 6.91. The number of benzene rings is 2. The van der Waals surface area contributed by atoms with E-state index in [1.54, 1.807) is 33.1 Å². The minimum atomic E-state index is -3.62. The first-order valence-corrected chi connectivity index (χ1v) is 11.3. The second-order valence-corrected chi connectivity index (χ2v) is 8.78. The van der Waals surface area contributed by atoms with Crippen LogP contribution >= 0.6 is 0 Å². The highest BCUT2D eigenvalue weighted by Gasteiger charge is 2.22. The number of nitrogens with one attached hydrogen (secondary N) is 1. The number of fused-ring (bicyclic) bond motifs is 1. The van der Waals surface area contributed by atoms with E-state index in [9.17, 15) is 13.2 Å². The molecule has 0 bridgehead atoms. The van der Waals surface area contributed by atoms with Gasteiger partial charge in [0.15, 0.2) is 0 Å². The van der Waals surface area contributed by atoms with Gasteiger partial charge in [0.2, 0.25) is 10.0 Å². The van der Waals surface area contributed by atoms with Crippen molar-refractivity contribution in [3.63, 3.8) is 0 Å². The van der Waals surface area contributed by atoms with Gasteiger partial charge in [0.05, 0.1) is 11.5 Å². The van der Waals surface area contributed by atoms with Gasteiger partial charge in [-0.25, -0.2) is 8.42 Å². The lowest BCUT2D eigenvalue weighted by atomic mass is 10.2. The molecule has 0 aliphatic heterocycles. The van der Waals surface area contributed by atoms with E-state index in [2.05, 4.69) is 9.88 Å². The zero-order valence-electron chi connectivity index (χ0n) is 17.5. The number of hydrogen-bond acceptors (Lipinski definition) is 4. The fourth-order valence-electron chi connectivity index (χ4n) is 3.38. The third-order valence-corrected chi connectivity index (χ3v) is 7.05. The Balaban J connectivity index is 1.81. The summed E-state index contributed by atoms with van der Waals surface area (Å²) in [5, 5.41) is 3.86. The van der Waals surface area contributed by atoms with E-state index in [-0.39, 0.29) is 10.8 Å². The van der Waals surface area contributed by atoms with Crippen LogP contribution in [-0.4, -0.2) is 50.0 Å². The van der Waals surface area contributed by atoms with Crippen molar-refractivity contribution in [2.45, 2.75) is 25.3 Å². The quantitative estimate of drug-likeness (QED) is 0.564. The first-order valence-electron chi connectivity index (χ1n) is 9.90. The van der Waals surface area contributed by atoms with E-state index in [4.69, 9.17) is 4.74 Å². The number of sulfonamides is 1. The number of aromatic nitrogens is 1. The van der Waals surface area contributed by atoms with Crippen LogP contribution in [0.4, 0.5) is 5.69 Å². The van der Waals surface area contributed by atoms with Crippen LogP contribution in [0.25, 0.3) is 10.9 Å². The molecule has 3 aromatic rings. The van der Waals surface area contributed by atoms with Gasteiger partial charge < -0.3 is 14.6 Å². The smallest absolute Gasteiger partial charge is 0.255 e. The van der Waals surface area contributed by atoms with Crippen LogP contribution in [0.1, 0.15) is 24.2 Å². The molecule has 0 aliphatic carbocycles. The van der Waals surface area contributed by atoms with E-state index in [0.717, 1.165) is 17.4 Å². The lowest BCUT2D eigenvalue weighted by Crippen LogP contribution is -2.30. The topological polar surface area (TPSA) is 80.6 Å². The maximum Gasteiger partial charge on any atom is 0.255 e. The van der Waals surface area contributed by atoms with Crippen LogP contribution in [0.15, 0.2) is 59.6 Å². The Morgan fingerprint density at radius 2 is 1.87 bits per heavy atom. The van der Waals surface area contributed by atoms with E-state index < -0.39 is 10.0 Å². The molecule has 1 N–H and O–H groups in total. The largest absolute Gasteiger partial charge is 0.383 e. The molecule has 0 aliphatic rings. The number of carbonyl (C=O) groups is 1. The van der Waals surface area contributed by atoms with Gasteiger partial charge >= 0.3 is 0 Å². The van der Waals surface area contributed by atoms with Crippen LogP contribution in [0, 0.1) is 0 Å². The number of ether oxygens (including phenoxy) is 1. The maximum atomic E-state index is 12.7. The zero-order chi connectivity index (χ0) is 21.7. The second kappa shape index (κ2) is 9.42. The van der Waals surface area contributed by atoms with E-state index in [1.807, 2.05) is 30.5 Å². The Bertz CT molecular complexity index is 1130. The number of anilines is 1. The first kappa shape index (κ1) is 22.0. The van der Waals surface area contributed by atoms with Crippen molar-refractivity contribution >= 4 is 32.5 Å². The van der Waals surface area contributed by atoms with Gasteiger partial charge in [-0.05, 0) is 42.5 Å². The molecule has 1 heterocycles. The van der Waals surface area contributed by atoms with E-state index in [1.165, 1.54) is 16.4 Å². The highest BCUT2D eigenvalue weighted by Crippen LogP contribution is 2.22. The molecule has 2 aromatic carbocycles. The number of amides is 1. The van der Waals surface area contributed by atoms with Crippen molar-refractivity contribution in [1.29, 1.82) is 0 Å². The first-order chi connectivity index (χ1) is 14.4. The third-order valence-electron chi connectivity index (χ3n) is 5.00. The molecule has 1 aromatic heterocycles. The number of carbonyl (C=O) groups excluding carboxylic acids is 1. The highest BCUT2D eigenvalue weighted by molar-refractivity contribution is 7.89. The van der Waals surface area contributed by atoms with Crippen LogP contribution in [-0.2, 0) is 21.3 Å². The van der Waals surface area contributed by atoms with Gasteiger partial charge in [0.25, 0.3) is 5.91 Å². The van der Waals surface area contributed by atoms with Gasteiger partial charge in [-0.1, -0.05) is 19.9 Å². The molecule has 0 fully saturated rings. The number of nitrogens with zero attached hydrogens (tertiary/aromatic N) is 2. The molecule has 7 nitrogen and oxygen atoms in total. The Labute approximate surface area is 177 Å². The summed E-state index contributed by atoms with van der Waals surface area (Å²) in [5.74, 6) is -0.357. The molecule has 0 spiro atoms. The lowest BCUT2D eigenvalue weighted by Gasteiger charge is -2.18. The van der Waals surface area contributed by atoms with Gasteiger partial charge in [-0.15, -0.1) is 0 Å². The Morgan fingerprint density at radius 3 is 2.57 bits per heavy atom. The Morgan fingerprint density at radius 1 is 1.10 bits per heavy atom. The van der Waals surface area contributed by atoms with Crippen LogP contribution in [0.2, 0.25) is 0 Å². The van der Waals surface area contributed by atoms with Crippen molar-refractivity contribution in [1.82, 2.24) is 8.87 Å². The fraction of sp³-hybridized carbons (Fsp3) is 0.318. The van der Waals surface area contributed by atoms with E-state index >= 15 is 0 Å². The third kappa shape index (κ3) is 4.56. The van der Waals surface area contributed by atoms with Gasteiger partial charge in [0.1, 0.15) is 0 Å². The molecule has 0 saturated heterocycles. The number of hydrogen-bond donors (Lipinski definition) is 1. The molecule has 0 unspecified atom stereocenters. The molecule has 1 amide bonds. The Hall–Kier alpha value is -2.68. The molecule has 30 heavy (non-hydrogen) atoms. The highest BCUT2D eigenvalue weighted by atomic mass is 32.2. The lowest BCUT2D eigenvalue weighted by molar-refractivity contribution is 0.102. The van der Waals surface area contributed by atoms with Crippen LogP contribution in [0.5, 0.6) is 0 Å². The average Bonchev–Trinajstić information content (AvgIpc) is 3.15. The summed E-state index contributed by atoms with van der Waals surface area (Å²) in [5.41, 5.74) is 1.99. The van der Waals surface area contributed by atoms with Gasteiger partial charge in [-0.2, -0.15) is 4.31 Å². The summed E-state index contributed by atoms with van der Waals surface area (Å²) in [6, 6.07) is 13.8. The molecule has 0 atom stereocenters. The molecular formula is C22H27N3O4S. The average molecular weight is 430 g/mol. The molecule has 0 saturated carbocycles. The fourth-order valence-corrected chi connectivity index (χ4v) is 4.88. The normalized spacial score (nSPS) is 11.9. The van der Waals surface area contributed by atoms with E-state index in [0.29, 0.717) is 30.9 Å². The molecule has 0 radical (unpaired) electrons. The maximum absolute atomic E-state index is 12.7. The number of methoxy groups -OCH3 is 1. The summed E-state index contributed by atoms with van der Waals surface area (Å²) in [7, 11) is -1.96. The van der Waals surface area contributed by atoms with Crippen molar-refractivity contribution in [3.8, 4) is 0 Å². The summed E-state index contributed by atoms with van der Waals surface area (Å²) >= 11 is 0. The summed E-state index contributed by atoms with van der Waals surface area (Å²) in [4.78, 5) is 12.9. The van der Waals surface area contributed by atoms with Crippen molar-refractivity contribution in [2.75, 3.05) is 32.1 Å². The van der Waals surface area contributed by atoms with Crippen LogP contribution < -0.4 is 5.32 Å². The molecular weight excluding hydrogens is 402 g/mol. The SMILES string of the molecule is CCN(CC)S(=O)(=O)c1cccc(C(=O)Nc2ccc3c(ccn3CCOC)c2)c1. The van der Waals surface area contributed by atoms with Crippen LogP contribution in [0.3, 0.4) is 0 Å². The standard InChI is InChI=1S/C22H27N3O4S/c1-4-25(5-2)30(27,28)20-8-6-7-18(16-20)22(26)23-19-9-10-21-17(15-19)11-12-24(21)13-14-29-3/h6-12,15-16H,4-5,13-14H2,1-3H3,(H,23,26). The molecule has 8 heteroatoms. The van der Waals surface area contributed by atoms with Gasteiger partial charge in [-0.3, -0.25) is 4.79 Å². The zero-order valence-corrected chi connectivity index (χ0v) is 18.3. The minimum absolute atomic E-state index is 0.115. The molecule has 3 rings (SSSR count). The van der Waals surface area contributed by atoms with Crippen molar-refractivity contribution in [2.24, 2.45) is 0 Å². The monoisotopic (exact) mass is 429 g/mol. The second-order valence-electron chi connectivity index (χ2n) is 6.85. The molecule has 160 valence electrons. The predicted octanol–water partition coefficient (Wildman–Crippen LogP) is 3.57. The van der Waals surface area contributed by atoms with Crippen molar-refractivity contribution < 1.29 is 17.9 Å². The summed E-state index contributed by atoms with van der Waals surface area (Å²) in [6.45, 7) is 5.69. The summed E-state index contributed by atoms with van der Waals surface area (Å²) < 4.78 is 34.1. The van der Waals surface area contributed by atoms with Crippen molar-refractivity contribution in [3.05, 3.63) is 60.3 Å². The number of rotatable bonds is 9. The van der Waals surface area contributed by atoms with Gasteiger partial charge in [0, 0.05) is 55.1 Å².